The molecular weight excluding hydrogens is 528 g/mol. The molecule has 1 unspecified atom stereocenters. The van der Waals surface area contributed by atoms with E-state index in [4.69, 9.17) is 9.47 Å². The van der Waals surface area contributed by atoms with E-state index in [1.165, 1.54) is 4.90 Å². The van der Waals surface area contributed by atoms with Crippen LogP contribution in [0.5, 0.6) is 11.5 Å². The molecule has 1 atom stereocenters. The molecule has 1 amide bonds. The molecule has 7 heteroatoms. The SMILES string of the molecule is CN(C)CCN1C(=O)C(=O)/C(=C(/O)c2ccc(OCc3ccccc3)cc2)C1c1ccc(OCc2ccccc2)cc1. The van der Waals surface area contributed by atoms with Crippen LogP contribution >= 0.6 is 0 Å². The van der Waals surface area contributed by atoms with Crippen LogP contribution in [-0.4, -0.2) is 53.8 Å². The van der Waals surface area contributed by atoms with E-state index < -0.39 is 17.7 Å². The van der Waals surface area contributed by atoms with Gasteiger partial charge in [0.1, 0.15) is 30.5 Å². The summed E-state index contributed by atoms with van der Waals surface area (Å²) < 4.78 is 11.8. The van der Waals surface area contributed by atoms with Gasteiger partial charge in [-0.05, 0) is 67.2 Å². The van der Waals surface area contributed by atoms with Crippen molar-refractivity contribution < 1.29 is 24.2 Å². The van der Waals surface area contributed by atoms with Crippen LogP contribution in [0.25, 0.3) is 5.76 Å². The van der Waals surface area contributed by atoms with Gasteiger partial charge in [0.15, 0.2) is 0 Å². The zero-order chi connectivity index (χ0) is 29.5. The highest BCUT2D eigenvalue weighted by Crippen LogP contribution is 2.40. The summed E-state index contributed by atoms with van der Waals surface area (Å²) in [5, 5.41) is 11.4. The van der Waals surface area contributed by atoms with Gasteiger partial charge in [-0.1, -0.05) is 72.8 Å². The highest BCUT2D eigenvalue weighted by Gasteiger charge is 2.45. The molecule has 214 valence electrons. The average molecular weight is 563 g/mol. The average Bonchev–Trinajstić information content (AvgIpc) is 3.28. The number of ketones is 1. The highest BCUT2D eigenvalue weighted by atomic mass is 16.5. The predicted molar refractivity (Wildman–Crippen MR) is 162 cm³/mol. The van der Waals surface area contributed by atoms with Gasteiger partial charge in [0, 0.05) is 18.7 Å². The number of carbonyl (C=O) groups is 2. The van der Waals surface area contributed by atoms with Gasteiger partial charge in [-0.15, -0.1) is 0 Å². The van der Waals surface area contributed by atoms with Crippen molar-refractivity contribution in [3.63, 3.8) is 0 Å². The third-order valence-electron chi connectivity index (χ3n) is 7.15. The Kier molecular flexibility index (Phi) is 8.99. The van der Waals surface area contributed by atoms with Gasteiger partial charge in [-0.3, -0.25) is 9.59 Å². The minimum Gasteiger partial charge on any atom is -0.507 e. The first-order chi connectivity index (χ1) is 20.4. The third-order valence-corrected chi connectivity index (χ3v) is 7.15. The molecule has 1 aliphatic rings. The van der Waals surface area contributed by atoms with E-state index in [0.717, 1.165) is 11.1 Å². The molecule has 0 bridgehead atoms. The van der Waals surface area contributed by atoms with Crippen molar-refractivity contribution in [2.75, 3.05) is 27.2 Å². The summed E-state index contributed by atoms with van der Waals surface area (Å²) >= 11 is 0. The van der Waals surface area contributed by atoms with Gasteiger partial charge in [0.25, 0.3) is 11.7 Å². The maximum atomic E-state index is 13.3. The lowest BCUT2D eigenvalue weighted by Gasteiger charge is -2.26. The number of likely N-dealkylation sites (tertiary alicyclic amines) is 1. The van der Waals surface area contributed by atoms with Crippen molar-refractivity contribution in [1.82, 2.24) is 9.80 Å². The molecule has 7 nitrogen and oxygen atoms in total. The fourth-order valence-corrected chi connectivity index (χ4v) is 4.86. The molecule has 0 aliphatic carbocycles. The summed E-state index contributed by atoms with van der Waals surface area (Å²) in [7, 11) is 3.82. The fourth-order valence-electron chi connectivity index (χ4n) is 4.86. The first kappa shape index (κ1) is 28.6. The Labute approximate surface area is 246 Å². The number of hydrogen-bond donors (Lipinski definition) is 1. The zero-order valence-electron chi connectivity index (χ0n) is 23.8. The van der Waals surface area contributed by atoms with Crippen molar-refractivity contribution in [1.29, 1.82) is 0 Å². The van der Waals surface area contributed by atoms with Gasteiger partial charge < -0.3 is 24.4 Å². The molecule has 1 saturated heterocycles. The quantitative estimate of drug-likeness (QED) is 0.141. The Morgan fingerprint density at radius 2 is 1.24 bits per heavy atom. The van der Waals surface area contributed by atoms with E-state index >= 15 is 0 Å². The minimum absolute atomic E-state index is 0.0645. The molecule has 1 fully saturated rings. The number of amides is 1. The number of nitrogens with zero attached hydrogens (tertiary/aromatic N) is 2. The van der Waals surface area contributed by atoms with Crippen LogP contribution < -0.4 is 9.47 Å². The summed E-state index contributed by atoms with van der Waals surface area (Å²) in [5.41, 5.74) is 3.30. The molecule has 0 saturated carbocycles. The summed E-state index contributed by atoms with van der Waals surface area (Å²) in [4.78, 5) is 30.0. The van der Waals surface area contributed by atoms with Gasteiger partial charge >= 0.3 is 0 Å². The maximum Gasteiger partial charge on any atom is 0.295 e. The first-order valence-corrected chi connectivity index (χ1v) is 13.9. The van der Waals surface area contributed by atoms with E-state index in [9.17, 15) is 14.7 Å². The van der Waals surface area contributed by atoms with Crippen LogP contribution in [0.1, 0.15) is 28.3 Å². The summed E-state index contributed by atoms with van der Waals surface area (Å²) in [6, 6.07) is 33.2. The lowest BCUT2D eigenvalue weighted by molar-refractivity contribution is -0.140. The molecule has 1 heterocycles. The molecule has 4 aromatic rings. The van der Waals surface area contributed by atoms with Crippen LogP contribution in [0.15, 0.2) is 115 Å². The van der Waals surface area contributed by atoms with Crippen molar-refractivity contribution in [2.24, 2.45) is 0 Å². The number of benzene rings is 4. The van der Waals surface area contributed by atoms with E-state index in [0.29, 0.717) is 48.9 Å². The molecule has 4 aromatic carbocycles. The van der Waals surface area contributed by atoms with Crippen LogP contribution in [0.4, 0.5) is 0 Å². The molecule has 0 aromatic heterocycles. The van der Waals surface area contributed by atoms with E-state index in [-0.39, 0.29) is 11.3 Å². The van der Waals surface area contributed by atoms with Crippen LogP contribution in [0.3, 0.4) is 0 Å². The third kappa shape index (κ3) is 6.70. The van der Waals surface area contributed by atoms with Gasteiger partial charge in [-0.25, -0.2) is 0 Å². The van der Waals surface area contributed by atoms with Crippen molar-refractivity contribution >= 4 is 17.4 Å². The monoisotopic (exact) mass is 562 g/mol. The lowest BCUT2D eigenvalue weighted by Crippen LogP contribution is -2.35. The number of likely N-dealkylation sites (N-methyl/N-ethyl adjacent to an activating group) is 1. The second-order valence-corrected chi connectivity index (χ2v) is 10.4. The van der Waals surface area contributed by atoms with Crippen LogP contribution in [0, 0.1) is 0 Å². The zero-order valence-corrected chi connectivity index (χ0v) is 23.8. The second-order valence-electron chi connectivity index (χ2n) is 10.4. The number of aliphatic hydroxyl groups is 1. The number of hydrogen-bond acceptors (Lipinski definition) is 6. The highest BCUT2D eigenvalue weighted by molar-refractivity contribution is 6.46. The Morgan fingerprint density at radius 1 is 0.738 bits per heavy atom. The molecular formula is C35H34N2O5. The maximum absolute atomic E-state index is 13.3. The molecule has 0 radical (unpaired) electrons. The van der Waals surface area contributed by atoms with Crippen molar-refractivity contribution in [3.05, 3.63) is 137 Å². The summed E-state index contributed by atoms with van der Waals surface area (Å²) in [6.45, 7) is 1.73. The number of Topliss-reactive ketones (excluding diaryl/α,β-unsaturated/α-hetero) is 1. The summed E-state index contributed by atoms with van der Waals surface area (Å²) in [5.74, 6) is -0.256. The summed E-state index contributed by atoms with van der Waals surface area (Å²) in [6.07, 6.45) is 0. The molecule has 1 N–H and O–H groups in total. The normalized spacial score (nSPS) is 16.2. The van der Waals surface area contributed by atoms with E-state index in [1.54, 1.807) is 24.3 Å². The molecule has 0 spiro atoms. The van der Waals surface area contributed by atoms with Crippen molar-refractivity contribution in [2.45, 2.75) is 19.3 Å². The minimum atomic E-state index is -0.734. The number of rotatable bonds is 11. The van der Waals surface area contributed by atoms with Gasteiger partial charge in [0.2, 0.25) is 0 Å². The number of ether oxygens (including phenoxy) is 2. The smallest absolute Gasteiger partial charge is 0.295 e. The molecule has 5 rings (SSSR count). The fraction of sp³-hybridized carbons (Fsp3) is 0.200. The van der Waals surface area contributed by atoms with Crippen LogP contribution in [-0.2, 0) is 22.8 Å². The predicted octanol–water partition coefficient (Wildman–Crippen LogP) is 5.83. The number of aliphatic hydroxyl groups excluding tert-OH is 1. The Morgan fingerprint density at radius 3 is 1.74 bits per heavy atom. The van der Waals surface area contributed by atoms with Gasteiger partial charge in [0.05, 0.1) is 11.6 Å². The Balaban J connectivity index is 1.40. The Bertz CT molecular complexity index is 1530. The molecule has 1 aliphatic heterocycles. The standard InChI is InChI=1S/C35H34N2O5/c1-36(2)21-22-37-32(27-13-17-29(18-14-27)41-23-25-9-5-3-6-10-25)31(34(39)35(37)40)33(38)28-15-19-30(20-16-28)42-24-26-11-7-4-8-12-26/h3-20,32,38H,21-24H2,1-2H3/b33-31+. The van der Waals surface area contributed by atoms with E-state index in [1.807, 2.05) is 104 Å². The Hall–Kier alpha value is -4.88. The van der Waals surface area contributed by atoms with Crippen molar-refractivity contribution in [3.8, 4) is 11.5 Å². The second kappa shape index (κ2) is 13.2. The largest absolute Gasteiger partial charge is 0.507 e. The number of carbonyl (C=O) groups excluding carboxylic acids is 2. The first-order valence-electron chi connectivity index (χ1n) is 13.9. The van der Waals surface area contributed by atoms with Crippen LogP contribution in [0.2, 0.25) is 0 Å². The van der Waals surface area contributed by atoms with E-state index in [2.05, 4.69) is 0 Å². The lowest BCUT2D eigenvalue weighted by atomic mass is 9.95. The topological polar surface area (TPSA) is 79.3 Å². The molecule has 42 heavy (non-hydrogen) atoms. The van der Waals surface area contributed by atoms with Gasteiger partial charge in [-0.2, -0.15) is 0 Å².